The van der Waals surface area contributed by atoms with Crippen LogP contribution in [-0.2, 0) is 9.47 Å². The van der Waals surface area contributed by atoms with Crippen molar-refractivity contribution < 1.29 is 19.1 Å². The van der Waals surface area contributed by atoms with Crippen LogP contribution in [0.4, 0.5) is 0 Å². The summed E-state index contributed by atoms with van der Waals surface area (Å²) in [5.41, 5.74) is 2.43. The van der Waals surface area contributed by atoms with Crippen molar-refractivity contribution in [2.75, 3.05) is 13.7 Å². The molecular weight excluding hydrogens is 392 g/mol. The lowest BCUT2D eigenvalue weighted by molar-refractivity contribution is -0.0732. The second kappa shape index (κ2) is 8.79. The largest absolute Gasteiger partial charge is 0.462 e. The number of aromatic nitrogens is 1. The molecule has 0 radical (unpaired) electrons. The molecule has 6 heteroatoms. The third kappa shape index (κ3) is 5.13. The highest BCUT2D eigenvalue weighted by Crippen LogP contribution is 2.38. The van der Waals surface area contributed by atoms with Crippen molar-refractivity contribution in [1.82, 2.24) is 9.88 Å². The van der Waals surface area contributed by atoms with Gasteiger partial charge in [0.25, 0.3) is 0 Å². The van der Waals surface area contributed by atoms with Crippen LogP contribution in [0.1, 0.15) is 68.2 Å². The van der Waals surface area contributed by atoms with Crippen LogP contribution in [0.25, 0.3) is 11.1 Å². The van der Waals surface area contributed by atoms with Gasteiger partial charge in [-0.05, 0) is 65.4 Å². The fourth-order valence-corrected chi connectivity index (χ4v) is 4.31. The number of nitrogens with zero attached hydrogens (tertiary/aromatic N) is 2. The molecule has 0 unspecified atom stereocenters. The van der Waals surface area contributed by atoms with Crippen LogP contribution >= 0.6 is 0 Å². The Balaban J connectivity index is 1.74. The van der Waals surface area contributed by atoms with Crippen molar-refractivity contribution in [1.29, 1.82) is 0 Å². The highest BCUT2D eigenvalue weighted by Gasteiger charge is 2.44. The molecule has 0 atom stereocenters. The minimum Gasteiger partial charge on any atom is -0.462 e. The lowest BCUT2D eigenvalue weighted by Gasteiger charge is -2.53. The second-order valence-electron chi connectivity index (χ2n) is 9.38. The van der Waals surface area contributed by atoms with E-state index >= 15 is 0 Å². The fraction of sp³-hybridized carbons (Fsp3) is 0.480. The average Bonchev–Trinajstić information content (AvgIpc) is 2.72. The molecule has 1 fully saturated rings. The van der Waals surface area contributed by atoms with Crippen LogP contribution in [0.3, 0.4) is 0 Å². The SMILES string of the molecule is CCOC(=O)c1ccc(-c2cncc(C(=O)OC3CC(C)(C)N(C)C(C)(C)C3)c2)cc1. The van der Waals surface area contributed by atoms with Gasteiger partial charge in [-0.2, -0.15) is 0 Å². The molecule has 2 heterocycles. The van der Waals surface area contributed by atoms with Crippen LogP contribution in [0.2, 0.25) is 0 Å². The predicted octanol–water partition coefficient (Wildman–Crippen LogP) is 4.73. The lowest BCUT2D eigenvalue weighted by atomic mass is 9.79. The van der Waals surface area contributed by atoms with Gasteiger partial charge >= 0.3 is 11.9 Å². The maximum Gasteiger partial charge on any atom is 0.339 e. The minimum absolute atomic E-state index is 0.0620. The van der Waals surface area contributed by atoms with E-state index in [1.807, 2.05) is 12.1 Å². The molecule has 0 bridgehead atoms. The van der Waals surface area contributed by atoms with Crippen LogP contribution in [-0.4, -0.2) is 52.7 Å². The standard InChI is InChI=1S/C25H32N2O4/c1-7-30-22(28)18-10-8-17(9-11-18)19-12-20(16-26-15-19)23(29)31-21-13-24(2,3)27(6)25(4,5)14-21/h8-12,15-16,21H,7,13-14H2,1-6H3. The van der Waals surface area contributed by atoms with Crippen LogP contribution < -0.4 is 0 Å². The van der Waals surface area contributed by atoms with E-state index in [1.165, 1.54) is 6.20 Å². The smallest absolute Gasteiger partial charge is 0.339 e. The first-order chi connectivity index (χ1) is 14.5. The zero-order valence-electron chi connectivity index (χ0n) is 19.3. The Labute approximate surface area is 184 Å². The van der Waals surface area contributed by atoms with E-state index in [9.17, 15) is 9.59 Å². The molecule has 3 rings (SSSR count). The molecule has 2 aromatic rings. The molecular formula is C25H32N2O4. The molecule has 1 aliphatic rings. The Morgan fingerprint density at radius 3 is 2.16 bits per heavy atom. The summed E-state index contributed by atoms with van der Waals surface area (Å²) in [6.45, 7) is 10.8. The van der Waals surface area contributed by atoms with Gasteiger partial charge in [0.1, 0.15) is 6.10 Å². The van der Waals surface area contributed by atoms with Gasteiger partial charge in [-0.1, -0.05) is 12.1 Å². The molecule has 166 valence electrons. The highest BCUT2D eigenvalue weighted by atomic mass is 16.5. The molecule has 1 aromatic carbocycles. The van der Waals surface area contributed by atoms with Crippen molar-refractivity contribution in [2.24, 2.45) is 0 Å². The predicted molar refractivity (Wildman–Crippen MR) is 120 cm³/mol. The molecule has 0 aliphatic carbocycles. The Morgan fingerprint density at radius 2 is 1.58 bits per heavy atom. The molecule has 0 spiro atoms. The van der Waals surface area contributed by atoms with E-state index in [-0.39, 0.29) is 29.1 Å². The van der Waals surface area contributed by atoms with E-state index < -0.39 is 0 Å². The van der Waals surface area contributed by atoms with E-state index in [2.05, 4.69) is 44.6 Å². The molecule has 0 N–H and O–H groups in total. The number of pyridine rings is 1. The summed E-state index contributed by atoms with van der Waals surface area (Å²) < 4.78 is 10.9. The first-order valence-electron chi connectivity index (χ1n) is 10.7. The molecule has 1 saturated heterocycles. The summed E-state index contributed by atoms with van der Waals surface area (Å²) >= 11 is 0. The number of carbonyl (C=O) groups is 2. The van der Waals surface area contributed by atoms with Gasteiger partial charge in [-0.15, -0.1) is 0 Å². The molecule has 6 nitrogen and oxygen atoms in total. The van der Waals surface area contributed by atoms with Gasteiger partial charge in [0.2, 0.25) is 0 Å². The second-order valence-corrected chi connectivity index (χ2v) is 9.38. The zero-order valence-corrected chi connectivity index (χ0v) is 19.3. The summed E-state index contributed by atoms with van der Waals surface area (Å²) in [4.78, 5) is 31.3. The number of esters is 2. The summed E-state index contributed by atoms with van der Waals surface area (Å²) in [6, 6.07) is 8.84. The number of hydrogen-bond acceptors (Lipinski definition) is 6. The number of benzene rings is 1. The van der Waals surface area contributed by atoms with Crippen molar-refractivity contribution in [3.8, 4) is 11.1 Å². The maximum atomic E-state index is 12.9. The van der Waals surface area contributed by atoms with Crippen LogP contribution in [0.5, 0.6) is 0 Å². The van der Waals surface area contributed by atoms with Gasteiger partial charge in [0, 0.05) is 41.9 Å². The van der Waals surface area contributed by atoms with Gasteiger partial charge in [0.15, 0.2) is 0 Å². The minimum atomic E-state index is -0.362. The molecule has 1 aliphatic heterocycles. The first kappa shape index (κ1) is 22.9. The van der Waals surface area contributed by atoms with Gasteiger partial charge < -0.3 is 9.47 Å². The van der Waals surface area contributed by atoms with Crippen molar-refractivity contribution in [3.05, 3.63) is 53.9 Å². The fourth-order valence-electron chi connectivity index (χ4n) is 4.31. The summed E-state index contributed by atoms with van der Waals surface area (Å²) in [5.74, 6) is -0.716. The van der Waals surface area contributed by atoms with Crippen LogP contribution in [0.15, 0.2) is 42.7 Å². The number of likely N-dealkylation sites (tertiary alicyclic amines) is 1. The topological polar surface area (TPSA) is 68.7 Å². The molecule has 0 amide bonds. The average molecular weight is 425 g/mol. The normalized spacial score (nSPS) is 18.4. The van der Waals surface area contributed by atoms with Gasteiger partial charge in [-0.25, -0.2) is 9.59 Å². The third-order valence-corrected chi connectivity index (χ3v) is 6.25. The van der Waals surface area contributed by atoms with E-state index in [0.717, 1.165) is 24.0 Å². The summed E-state index contributed by atoms with van der Waals surface area (Å²) in [6.07, 6.45) is 4.63. The summed E-state index contributed by atoms with van der Waals surface area (Å²) in [5, 5.41) is 0. The number of carbonyl (C=O) groups excluding carboxylic acids is 2. The number of piperidine rings is 1. The number of ether oxygens (including phenoxy) is 2. The number of hydrogen-bond donors (Lipinski definition) is 0. The zero-order chi connectivity index (χ0) is 22.8. The monoisotopic (exact) mass is 424 g/mol. The van der Waals surface area contributed by atoms with Crippen molar-refractivity contribution in [2.45, 2.75) is 64.6 Å². The van der Waals surface area contributed by atoms with E-state index in [4.69, 9.17) is 9.47 Å². The van der Waals surface area contributed by atoms with Crippen molar-refractivity contribution in [3.63, 3.8) is 0 Å². The Morgan fingerprint density at radius 1 is 0.968 bits per heavy atom. The van der Waals surface area contributed by atoms with Gasteiger partial charge in [0.05, 0.1) is 17.7 Å². The quantitative estimate of drug-likeness (QED) is 0.646. The van der Waals surface area contributed by atoms with E-state index in [1.54, 1.807) is 31.3 Å². The van der Waals surface area contributed by atoms with Crippen LogP contribution in [0, 0.1) is 0 Å². The molecule has 0 saturated carbocycles. The first-order valence-corrected chi connectivity index (χ1v) is 10.7. The Kier molecular flexibility index (Phi) is 6.51. The third-order valence-electron chi connectivity index (χ3n) is 6.25. The van der Waals surface area contributed by atoms with Gasteiger partial charge in [-0.3, -0.25) is 9.88 Å². The highest BCUT2D eigenvalue weighted by molar-refractivity contribution is 5.91. The maximum absolute atomic E-state index is 12.9. The Hall–Kier alpha value is -2.73. The van der Waals surface area contributed by atoms with Crippen molar-refractivity contribution >= 4 is 11.9 Å². The number of rotatable bonds is 5. The molecule has 1 aromatic heterocycles. The van der Waals surface area contributed by atoms with E-state index in [0.29, 0.717) is 17.7 Å². The Bertz CT molecular complexity index is 932. The lowest BCUT2D eigenvalue weighted by Crippen LogP contribution is -2.60. The summed E-state index contributed by atoms with van der Waals surface area (Å²) in [7, 11) is 2.12. The molecule has 31 heavy (non-hydrogen) atoms.